The molecule has 64 valence electrons. The van der Waals surface area contributed by atoms with Crippen LogP contribution in [-0.2, 0) is 0 Å². The van der Waals surface area contributed by atoms with Crippen LogP contribution in [0.15, 0.2) is 24.3 Å². The Balaban J connectivity index is 2.58. The number of benzene rings is 1. The minimum Gasteiger partial charge on any atom is -0.536 e. The summed E-state index contributed by atoms with van der Waals surface area (Å²) in [7, 11) is -0.687. The maximum atomic E-state index is 9.16. The zero-order valence-electron chi connectivity index (χ0n) is 7.45. The standard InChI is InChI=1S/C9H13BO2/c1-3-10(11)12-9-6-4-8(2)5-7-9/h4-7,11H,3H2,1-2H3. The Hall–Kier alpha value is -0.955. The summed E-state index contributed by atoms with van der Waals surface area (Å²) in [5, 5.41) is 9.16. The van der Waals surface area contributed by atoms with Gasteiger partial charge in [0.15, 0.2) is 0 Å². The van der Waals surface area contributed by atoms with Crippen LogP contribution in [0.25, 0.3) is 0 Å². The van der Waals surface area contributed by atoms with Crippen molar-refractivity contribution in [3.05, 3.63) is 29.8 Å². The van der Waals surface area contributed by atoms with Crippen molar-refractivity contribution in [1.29, 1.82) is 0 Å². The van der Waals surface area contributed by atoms with Crippen molar-refractivity contribution in [2.24, 2.45) is 0 Å². The molecule has 0 spiro atoms. The molecule has 1 aromatic rings. The summed E-state index contributed by atoms with van der Waals surface area (Å²) in [6.07, 6.45) is 0.605. The Morgan fingerprint density at radius 2 is 1.92 bits per heavy atom. The van der Waals surface area contributed by atoms with Crippen molar-refractivity contribution in [3.8, 4) is 5.75 Å². The third-order valence-electron chi connectivity index (χ3n) is 1.64. The van der Waals surface area contributed by atoms with Crippen molar-refractivity contribution in [3.63, 3.8) is 0 Å². The summed E-state index contributed by atoms with van der Waals surface area (Å²) in [5.41, 5.74) is 1.19. The summed E-state index contributed by atoms with van der Waals surface area (Å²) in [4.78, 5) is 0. The molecule has 0 aromatic heterocycles. The van der Waals surface area contributed by atoms with E-state index < -0.39 is 7.12 Å². The first-order valence-electron chi connectivity index (χ1n) is 4.13. The molecule has 2 nitrogen and oxygen atoms in total. The molecule has 0 heterocycles. The highest BCUT2D eigenvalue weighted by atomic mass is 16.5. The molecule has 0 radical (unpaired) electrons. The number of rotatable bonds is 3. The van der Waals surface area contributed by atoms with Crippen molar-refractivity contribution < 1.29 is 9.68 Å². The molecule has 0 aliphatic rings. The van der Waals surface area contributed by atoms with Gasteiger partial charge in [0.25, 0.3) is 0 Å². The molecule has 1 N–H and O–H groups in total. The molecule has 0 bridgehead atoms. The second kappa shape index (κ2) is 4.17. The van der Waals surface area contributed by atoms with Crippen LogP contribution in [0.3, 0.4) is 0 Å². The molecule has 1 aromatic carbocycles. The Morgan fingerprint density at radius 1 is 1.33 bits per heavy atom. The van der Waals surface area contributed by atoms with Crippen molar-refractivity contribution in [2.45, 2.75) is 20.2 Å². The molecule has 0 unspecified atom stereocenters. The topological polar surface area (TPSA) is 29.5 Å². The monoisotopic (exact) mass is 164 g/mol. The molecule has 0 saturated heterocycles. The van der Waals surface area contributed by atoms with Gasteiger partial charge in [-0.3, -0.25) is 0 Å². The fourth-order valence-corrected chi connectivity index (χ4v) is 0.857. The normalized spacial score (nSPS) is 9.58. The lowest BCUT2D eigenvalue weighted by Gasteiger charge is -2.07. The van der Waals surface area contributed by atoms with E-state index in [2.05, 4.69) is 0 Å². The van der Waals surface area contributed by atoms with E-state index in [9.17, 15) is 0 Å². The molecule has 0 atom stereocenters. The predicted octanol–water partition coefficient (Wildman–Crippen LogP) is 1.87. The number of aryl methyl sites for hydroxylation is 1. The molecular weight excluding hydrogens is 151 g/mol. The van der Waals surface area contributed by atoms with E-state index in [0.29, 0.717) is 6.32 Å². The van der Waals surface area contributed by atoms with Gasteiger partial charge in [-0.1, -0.05) is 24.6 Å². The van der Waals surface area contributed by atoms with Gasteiger partial charge in [-0.2, -0.15) is 0 Å². The van der Waals surface area contributed by atoms with Crippen molar-refractivity contribution in [2.75, 3.05) is 0 Å². The summed E-state index contributed by atoms with van der Waals surface area (Å²) in [5.74, 6) is 0.718. The summed E-state index contributed by atoms with van der Waals surface area (Å²) < 4.78 is 5.17. The van der Waals surface area contributed by atoms with E-state index in [4.69, 9.17) is 9.68 Å². The largest absolute Gasteiger partial charge is 0.536 e. The van der Waals surface area contributed by atoms with E-state index in [1.165, 1.54) is 5.56 Å². The van der Waals surface area contributed by atoms with Gasteiger partial charge in [0, 0.05) is 0 Å². The van der Waals surface area contributed by atoms with E-state index in [1.54, 1.807) is 0 Å². The van der Waals surface area contributed by atoms with Crippen LogP contribution in [0.1, 0.15) is 12.5 Å². The lowest BCUT2D eigenvalue weighted by atomic mass is 9.87. The molecule has 0 aliphatic heterocycles. The fraction of sp³-hybridized carbons (Fsp3) is 0.333. The molecule has 0 saturated carbocycles. The Bertz CT molecular complexity index is 233. The van der Waals surface area contributed by atoms with Gasteiger partial charge < -0.3 is 9.68 Å². The Labute approximate surface area is 73.3 Å². The minimum absolute atomic E-state index is 0.605. The maximum absolute atomic E-state index is 9.16. The van der Waals surface area contributed by atoms with Gasteiger partial charge in [0.1, 0.15) is 5.75 Å². The second-order valence-corrected chi connectivity index (χ2v) is 2.79. The lowest BCUT2D eigenvalue weighted by Crippen LogP contribution is -2.19. The van der Waals surface area contributed by atoms with E-state index in [0.717, 1.165) is 5.75 Å². The van der Waals surface area contributed by atoms with Gasteiger partial charge >= 0.3 is 7.12 Å². The predicted molar refractivity (Wildman–Crippen MR) is 50.3 cm³/mol. The Morgan fingerprint density at radius 3 is 2.42 bits per heavy atom. The van der Waals surface area contributed by atoms with E-state index in [1.807, 2.05) is 38.1 Å². The van der Waals surface area contributed by atoms with Crippen molar-refractivity contribution >= 4 is 7.12 Å². The highest BCUT2D eigenvalue weighted by Crippen LogP contribution is 2.12. The molecule has 1 rings (SSSR count). The molecule has 0 amide bonds. The zero-order chi connectivity index (χ0) is 8.97. The van der Waals surface area contributed by atoms with Crippen LogP contribution in [0.5, 0.6) is 5.75 Å². The lowest BCUT2D eigenvalue weighted by molar-refractivity contribution is 0.416. The average molecular weight is 164 g/mol. The summed E-state index contributed by atoms with van der Waals surface area (Å²) in [6.45, 7) is 3.89. The van der Waals surface area contributed by atoms with Crippen LogP contribution in [0.2, 0.25) is 6.32 Å². The van der Waals surface area contributed by atoms with Gasteiger partial charge in [0.2, 0.25) is 0 Å². The molecular formula is C9H13BO2. The molecule has 0 aliphatic carbocycles. The Kier molecular flexibility index (Phi) is 3.17. The first-order chi connectivity index (χ1) is 5.72. The first kappa shape index (κ1) is 9.14. The number of hydrogen-bond acceptors (Lipinski definition) is 2. The average Bonchev–Trinajstić information content (AvgIpc) is 2.09. The highest BCUT2D eigenvalue weighted by Gasteiger charge is 2.10. The maximum Gasteiger partial charge on any atom is 0.522 e. The third-order valence-corrected chi connectivity index (χ3v) is 1.64. The molecule has 12 heavy (non-hydrogen) atoms. The minimum atomic E-state index is -0.687. The van der Waals surface area contributed by atoms with Crippen LogP contribution in [0, 0.1) is 6.92 Å². The molecule has 3 heteroatoms. The van der Waals surface area contributed by atoms with Gasteiger partial charge in [-0.15, -0.1) is 0 Å². The van der Waals surface area contributed by atoms with Gasteiger partial charge in [-0.25, -0.2) is 0 Å². The van der Waals surface area contributed by atoms with Crippen LogP contribution in [0.4, 0.5) is 0 Å². The third kappa shape index (κ3) is 2.59. The van der Waals surface area contributed by atoms with Gasteiger partial charge in [0.05, 0.1) is 0 Å². The van der Waals surface area contributed by atoms with Crippen LogP contribution < -0.4 is 4.65 Å². The van der Waals surface area contributed by atoms with E-state index >= 15 is 0 Å². The molecule has 0 fully saturated rings. The quantitative estimate of drug-likeness (QED) is 0.691. The van der Waals surface area contributed by atoms with Gasteiger partial charge in [-0.05, 0) is 25.4 Å². The number of hydrogen-bond donors (Lipinski definition) is 1. The highest BCUT2D eigenvalue weighted by molar-refractivity contribution is 6.43. The smallest absolute Gasteiger partial charge is 0.522 e. The second-order valence-electron chi connectivity index (χ2n) is 2.79. The first-order valence-corrected chi connectivity index (χ1v) is 4.13. The van der Waals surface area contributed by atoms with Crippen LogP contribution in [-0.4, -0.2) is 12.1 Å². The zero-order valence-corrected chi connectivity index (χ0v) is 7.45. The fourth-order valence-electron chi connectivity index (χ4n) is 0.857. The van der Waals surface area contributed by atoms with E-state index in [-0.39, 0.29) is 0 Å². The van der Waals surface area contributed by atoms with Crippen molar-refractivity contribution in [1.82, 2.24) is 0 Å². The SMILES string of the molecule is CCB(O)Oc1ccc(C)cc1. The van der Waals surface area contributed by atoms with Crippen LogP contribution >= 0.6 is 0 Å². The summed E-state index contributed by atoms with van der Waals surface area (Å²) >= 11 is 0. The summed E-state index contributed by atoms with van der Waals surface area (Å²) in [6, 6.07) is 7.62.